The van der Waals surface area contributed by atoms with Crippen LogP contribution in [0.25, 0.3) is 0 Å². The molecule has 0 spiro atoms. The number of hydrogen-bond acceptors (Lipinski definition) is 5. The Bertz CT molecular complexity index is 881. The number of ether oxygens (including phenoxy) is 2. The van der Waals surface area contributed by atoms with Crippen LogP contribution in [0.1, 0.15) is 22.0 Å². The molecule has 1 saturated heterocycles. The average molecular weight is 382 g/mol. The van der Waals surface area contributed by atoms with E-state index in [1.165, 1.54) is 7.11 Å². The number of rotatable bonds is 4. The van der Waals surface area contributed by atoms with E-state index in [1.54, 1.807) is 48.5 Å². The van der Waals surface area contributed by atoms with Crippen LogP contribution < -0.4 is 15.4 Å². The summed E-state index contributed by atoms with van der Waals surface area (Å²) in [7, 11) is 1.33. The van der Waals surface area contributed by atoms with Crippen LogP contribution in [0.5, 0.6) is 5.75 Å². The molecule has 0 aromatic heterocycles. The van der Waals surface area contributed by atoms with Crippen LogP contribution in [0.15, 0.2) is 66.9 Å². The van der Waals surface area contributed by atoms with E-state index in [9.17, 15) is 9.59 Å². The van der Waals surface area contributed by atoms with E-state index in [0.717, 1.165) is 5.56 Å². The fraction of sp³-hybridized carbons (Fsp3) is 0.150. The largest absolute Gasteiger partial charge is 0.468 e. The van der Waals surface area contributed by atoms with E-state index >= 15 is 0 Å². The van der Waals surface area contributed by atoms with Gasteiger partial charge < -0.3 is 20.1 Å². The first-order chi connectivity index (χ1) is 13.0. The number of benzene rings is 2. The Labute approximate surface area is 162 Å². The molecule has 1 aliphatic heterocycles. The molecule has 2 aromatic rings. The highest BCUT2D eigenvalue weighted by Gasteiger charge is 2.37. The summed E-state index contributed by atoms with van der Waals surface area (Å²) >= 11 is 5.17. The van der Waals surface area contributed by atoms with Crippen molar-refractivity contribution in [1.29, 1.82) is 0 Å². The molecule has 6 nitrogen and oxygen atoms in total. The lowest BCUT2D eigenvalue weighted by molar-refractivity contribution is -0.145. The van der Waals surface area contributed by atoms with Gasteiger partial charge in [-0.2, -0.15) is 0 Å². The minimum absolute atomic E-state index is 0.379. The first-order valence-corrected chi connectivity index (χ1v) is 8.61. The number of esters is 2. The number of carbonyl (C=O) groups excluding carboxylic acids is 2. The molecule has 2 N–H and O–H groups in total. The van der Waals surface area contributed by atoms with Crippen molar-refractivity contribution in [2.24, 2.45) is 5.92 Å². The monoisotopic (exact) mass is 382 g/mol. The summed E-state index contributed by atoms with van der Waals surface area (Å²) < 4.78 is 10.3. The Kier molecular flexibility index (Phi) is 5.52. The predicted molar refractivity (Wildman–Crippen MR) is 104 cm³/mol. The van der Waals surface area contributed by atoms with Crippen molar-refractivity contribution < 1.29 is 19.1 Å². The number of carbonyl (C=O) groups is 2. The molecule has 0 saturated carbocycles. The second-order valence-electron chi connectivity index (χ2n) is 5.93. The normalized spacial score (nSPS) is 18.9. The molecule has 0 radical (unpaired) electrons. The van der Waals surface area contributed by atoms with Crippen LogP contribution in [-0.2, 0) is 9.53 Å². The van der Waals surface area contributed by atoms with E-state index in [-0.39, 0.29) is 0 Å². The van der Waals surface area contributed by atoms with Gasteiger partial charge in [-0.3, -0.25) is 4.79 Å². The molecule has 0 amide bonds. The van der Waals surface area contributed by atoms with Crippen LogP contribution in [-0.4, -0.2) is 24.2 Å². The molecule has 1 aliphatic rings. The van der Waals surface area contributed by atoms with E-state index < -0.39 is 23.9 Å². The average Bonchev–Trinajstić information content (AvgIpc) is 2.68. The van der Waals surface area contributed by atoms with Gasteiger partial charge in [0, 0.05) is 5.70 Å². The van der Waals surface area contributed by atoms with Crippen LogP contribution in [0.2, 0.25) is 0 Å². The molecule has 7 heteroatoms. The molecular weight excluding hydrogens is 364 g/mol. The van der Waals surface area contributed by atoms with Crippen LogP contribution in [0.3, 0.4) is 0 Å². The maximum absolute atomic E-state index is 12.2. The first kappa shape index (κ1) is 18.6. The van der Waals surface area contributed by atoms with Gasteiger partial charge in [0.15, 0.2) is 5.11 Å². The van der Waals surface area contributed by atoms with Gasteiger partial charge >= 0.3 is 11.9 Å². The van der Waals surface area contributed by atoms with Crippen LogP contribution in [0.4, 0.5) is 0 Å². The topological polar surface area (TPSA) is 76.7 Å². The molecule has 1 fully saturated rings. The fourth-order valence-corrected chi connectivity index (χ4v) is 3.11. The lowest BCUT2D eigenvalue weighted by atomic mass is 9.89. The number of methoxy groups -OCH3 is 1. The summed E-state index contributed by atoms with van der Waals surface area (Å²) in [4.78, 5) is 24.3. The van der Waals surface area contributed by atoms with E-state index in [1.807, 2.05) is 6.07 Å². The lowest BCUT2D eigenvalue weighted by Crippen LogP contribution is -2.50. The summed E-state index contributed by atoms with van der Waals surface area (Å²) in [5.74, 6) is -1.10. The number of thiocarbonyl (C=S) groups is 1. The van der Waals surface area contributed by atoms with Crippen molar-refractivity contribution in [3.8, 4) is 5.75 Å². The molecule has 27 heavy (non-hydrogen) atoms. The first-order valence-electron chi connectivity index (χ1n) is 8.21. The number of hydrogen-bond donors (Lipinski definition) is 2. The Hall–Kier alpha value is -3.19. The van der Waals surface area contributed by atoms with Gasteiger partial charge in [-0.25, -0.2) is 4.79 Å². The highest BCUT2D eigenvalue weighted by atomic mass is 32.1. The van der Waals surface area contributed by atoms with Crippen molar-refractivity contribution >= 4 is 29.3 Å². The zero-order valence-corrected chi connectivity index (χ0v) is 15.4. The standard InChI is InChI=1S/C20H18N2O4S/c1-12-16(19(24)25-2)17(22-20(27)21-12)13-8-10-15(11-9-13)26-18(23)14-6-4-3-5-7-14/h3-11,16-17H,1H2,2H3,(H2,21,22,27)/t16-,17+/m1/s1. The van der Waals surface area contributed by atoms with Gasteiger partial charge in [0.05, 0.1) is 18.7 Å². The third kappa shape index (κ3) is 4.15. The van der Waals surface area contributed by atoms with Gasteiger partial charge in [-0.05, 0) is 42.0 Å². The molecule has 0 unspecified atom stereocenters. The third-order valence-corrected chi connectivity index (χ3v) is 4.40. The molecule has 138 valence electrons. The van der Waals surface area contributed by atoms with Gasteiger partial charge in [0.1, 0.15) is 11.7 Å². The van der Waals surface area contributed by atoms with Crippen molar-refractivity contribution in [3.05, 3.63) is 78.0 Å². The quantitative estimate of drug-likeness (QED) is 0.478. The van der Waals surface area contributed by atoms with Crippen molar-refractivity contribution in [1.82, 2.24) is 10.6 Å². The minimum atomic E-state index is -0.639. The summed E-state index contributed by atoms with van der Waals surface area (Å²) in [6.45, 7) is 3.87. The van der Waals surface area contributed by atoms with Crippen LogP contribution >= 0.6 is 12.2 Å². The van der Waals surface area contributed by atoms with E-state index in [0.29, 0.717) is 22.1 Å². The van der Waals surface area contributed by atoms with Crippen molar-refractivity contribution in [2.75, 3.05) is 7.11 Å². The van der Waals surface area contributed by atoms with Crippen molar-refractivity contribution in [3.63, 3.8) is 0 Å². The zero-order chi connectivity index (χ0) is 19.4. The maximum atomic E-state index is 12.2. The smallest absolute Gasteiger partial charge is 0.343 e. The maximum Gasteiger partial charge on any atom is 0.343 e. The molecule has 3 rings (SSSR count). The summed E-state index contributed by atoms with van der Waals surface area (Å²) in [5.41, 5.74) is 1.72. The Morgan fingerprint density at radius 3 is 2.37 bits per heavy atom. The SMILES string of the molecule is C=C1NC(=S)N[C@@H](c2ccc(OC(=O)c3ccccc3)cc2)[C@@H]1C(=O)OC. The Morgan fingerprint density at radius 1 is 1.07 bits per heavy atom. The zero-order valence-electron chi connectivity index (χ0n) is 14.6. The molecule has 0 aliphatic carbocycles. The van der Waals surface area contributed by atoms with Gasteiger partial charge in [-0.1, -0.05) is 36.9 Å². The molecule has 1 heterocycles. The molecular formula is C20H18N2O4S. The molecule has 0 bridgehead atoms. The molecule has 2 atom stereocenters. The van der Waals surface area contributed by atoms with Crippen molar-refractivity contribution in [2.45, 2.75) is 6.04 Å². The number of nitrogens with one attached hydrogen (secondary N) is 2. The fourth-order valence-electron chi connectivity index (χ4n) is 2.85. The van der Waals surface area contributed by atoms with Gasteiger partial charge in [-0.15, -0.1) is 0 Å². The second kappa shape index (κ2) is 8.01. The Morgan fingerprint density at radius 2 is 1.74 bits per heavy atom. The highest BCUT2D eigenvalue weighted by Crippen LogP contribution is 2.31. The third-order valence-electron chi connectivity index (χ3n) is 4.18. The van der Waals surface area contributed by atoms with Gasteiger partial charge in [0.25, 0.3) is 0 Å². The predicted octanol–water partition coefficient (Wildman–Crippen LogP) is 2.73. The van der Waals surface area contributed by atoms with Crippen LogP contribution in [0, 0.1) is 5.92 Å². The Balaban J connectivity index is 1.79. The minimum Gasteiger partial charge on any atom is -0.468 e. The van der Waals surface area contributed by atoms with Gasteiger partial charge in [0.2, 0.25) is 0 Å². The summed E-state index contributed by atoms with van der Waals surface area (Å²) in [6.07, 6.45) is 0. The molecule has 2 aromatic carbocycles. The lowest BCUT2D eigenvalue weighted by Gasteiger charge is -2.34. The van der Waals surface area contributed by atoms with E-state index in [2.05, 4.69) is 17.2 Å². The highest BCUT2D eigenvalue weighted by molar-refractivity contribution is 7.80. The second-order valence-corrected chi connectivity index (χ2v) is 6.34. The summed E-state index contributed by atoms with van der Waals surface area (Å²) in [6, 6.07) is 15.2. The summed E-state index contributed by atoms with van der Waals surface area (Å²) in [5, 5.41) is 6.30. The van der Waals surface area contributed by atoms with E-state index in [4.69, 9.17) is 21.7 Å².